The van der Waals surface area contributed by atoms with Crippen molar-refractivity contribution < 1.29 is 9.53 Å². The highest BCUT2D eigenvalue weighted by atomic mass is 32.2. The number of nitrogens with zero attached hydrogens (tertiary/aromatic N) is 2. The van der Waals surface area contributed by atoms with Gasteiger partial charge in [0, 0.05) is 6.54 Å². The molecule has 3 aromatic rings. The van der Waals surface area contributed by atoms with Crippen molar-refractivity contribution in [2.45, 2.75) is 23.1 Å². The Kier molecular flexibility index (Phi) is 6.65. The van der Waals surface area contributed by atoms with Gasteiger partial charge in [-0.2, -0.15) is 0 Å². The molecular formula is C19H19N3O2S3. The Morgan fingerprint density at radius 1 is 1.26 bits per heavy atom. The fourth-order valence-corrected chi connectivity index (χ4v) is 4.85. The highest BCUT2D eigenvalue weighted by molar-refractivity contribution is 8.02. The van der Waals surface area contributed by atoms with Crippen LogP contribution in [0.25, 0.3) is 5.69 Å². The molecule has 0 unspecified atom stereocenters. The van der Waals surface area contributed by atoms with Crippen LogP contribution in [0.3, 0.4) is 0 Å². The molecule has 0 bridgehead atoms. The van der Waals surface area contributed by atoms with Crippen LogP contribution in [0.2, 0.25) is 0 Å². The van der Waals surface area contributed by atoms with Gasteiger partial charge in [-0.05, 0) is 49.0 Å². The number of para-hydroxylation sites is 1. The smallest absolute Gasteiger partial charge is 0.233 e. The summed E-state index contributed by atoms with van der Waals surface area (Å²) in [6, 6.07) is 17.4. The van der Waals surface area contributed by atoms with Crippen molar-refractivity contribution >= 4 is 41.2 Å². The van der Waals surface area contributed by atoms with Gasteiger partial charge in [0.15, 0.2) is 8.29 Å². The highest BCUT2D eigenvalue weighted by Gasteiger charge is 2.17. The number of methoxy groups -OCH3 is 1. The zero-order valence-electron chi connectivity index (χ0n) is 14.9. The van der Waals surface area contributed by atoms with E-state index in [0.29, 0.717) is 10.5 Å². The maximum Gasteiger partial charge on any atom is 0.233 e. The lowest BCUT2D eigenvalue weighted by atomic mass is 10.2. The normalized spacial score (nSPS) is 11.8. The topological polar surface area (TPSA) is 56.1 Å². The number of thioether (sulfide) groups is 1. The molecule has 3 rings (SSSR count). The highest BCUT2D eigenvalue weighted by Crippen LogP contribution is 2.27. The number of amides is 1. The van der Waals surface area contributed by atoms with Gasteiger partial charge in [-0.1, -0.05) is 53.4 Å². The minimum Gasteiger partial charge on any atom is -0.497 e. The third-order valence-electron chi connectivity index (χ3n) is 3.80. The lowest BCUT2D eigenvalue weighted by Crippen LogP contribution is -2.30. The molecule has 0 saturated carbocycles. The van der Waals surface area contributed by atoms with E-state index in [1.165, 1.54) is 23.1 Å². The van der Waals surface area contributed by atoms with Gasteiger partial charge in [-0.3, -0.25) is 4.79 Å². The molecular weight excluding hydrogens is 398 g/mol. The third-order valence-corrected chi connectivity index (χ3v) is 6.22. The Morgan fingerprint density at radius 3 is 2.63 bits per heavy atom. The van der Waals surface area contributed by atoms with Crippen LogP contribution in [-0.2, 0) is 11.3 Å². The summed E-state index contributed by atoms with van der Waals surface area (Å²) in [6.07, 6.45) is 0. The van der Waals surface area contributed by atoms with Crippen LogP contribution < -0.4 is 10.1 Å². The molecule has 1 N–H and O–H groups in total. The molecule has 2 aromatic carbocycles. The molecule has 0 radical (unpaired) electrons. The van der Waals surface area contributed by atoms with E-state index >= 15 is 0 Å². The van der Waals surface area contributed by atoms with Gasteiger partial charge in [0.25, 0.3) is 0 Å². The summed E-state index contributed by atoms with van der Waals surface area (Å²) in [5.41, 5.74) is 1.94. The molecule has 1 amide bonds. The van der Waals surface area contributed by atoms with Gasteiger partial charge < -0.3 is 10.1 Å². The van der Waals surface area contributed by atoms with Crippen molar-refractivity contribution in [1.29, 1.82) is 0 Å². The minimum atomic E-state index is -0.270. The quantitative estimate of drug-likeness (QED) is 0.454. The second-order valence-electron chi connectivity index (χ2n) is 5.71. The average Bonchev–Trinajstić information content (AvgIpc) is 3.07. The number of nitrogens with one attached hydrogen (secondary N) is 1. The number of carbonyl (C=O) groups excluding carboxylic acids is 1. The average molecular weight is 418 g/mol. The van der Waals surface area contributed by atoms with E-state index in [4.69, 9.17) is 17.0 Å². The molecule has 0 aliphatic heterocycles. The van der Waals surface area contributed by atoms with Gasteiger partial charge in [0.2, 0.25) is 5.91 Å². The number of aromatic nitrogens is 2. The van der Waals surface area contributed by atoms with E-state index in [9.17, 15) is 4.79 Å². The molecule has 140 valence electrons. The SMILES string of the molecule is COc1ccc(CNC(=O)[C@@H](C)Sc2nn(-c3ccccc3)c(=S)s2)cc1. The minimum absolute atomic E-state index is 0.0387. The molecule has 1 heterocycles. The lowest BCUT2D eigenvalue weighted by molar-refractivity contribution is -0.120. The number of benzene rings is 2. The summed E-state index contributed by atoms with van der Waals surface area (Å²) in [5.74, 6) is 0.757. The Balaban J connectivity index is 1.59. The van der Waals surface area contributed by atoms with Crippen molar-refractivity contribution in [3.05, 3.63) is 64.1 Å². The first-order valence-electron chi connectivity index (χ1n) is 8.29. The standard InChI is InChI=1S/C19H19N3O2S3/c1-13(17(23)20-12-14-8-10-16(24-2)11-9-14)26-18-21-22(19(25)27-18)15-6-4-3-5-7-15/h3-11,13H,12H2,1-2H3,(H,20,23)/t13-/m1/s1. The molecule has 27 heavy (non-hydrogen) atoms. The lowest BCUT2D eigenvalue weighted by Gasteiger charge is -2.10. The van der Waals surface area contributed by atoms with E-state index in [-0.39, 0.29) is 11.2 Å². The molecule has 0 saturated heterocycles. The molecule has 1 aromatic heterocycles. The molecule has 5 nitrogen and oxygen atoms in total. The van der Waals surface area contributed by atoms with Crippen LogP contribution in [0.5, 0.6) is 5.75 Å². The summed E-state index contributed by atoms with van der Waals surface area (Å²) in [7, 11) is 1.63. The van der Waals surface area contributed by atoms with Crippen LogP contribution in [0.4, 0.5) is 0 Å². The van der Waals surface area contributed by atoms with Gasteiger partial charge >= 0.3 is 0 Å². The second kappa shape index (κ2) is 9.16. The van der Waals surface area contributed by atoms with E-state index in [0.717, 1.165) is 21.3 Å². The van der Waals surface area contributed by atoms with Crippen LogP contribution in [0, 0.1) is 3.95 Å². The monoisotopic (exact) mass is 417 g/mol. The molecule has 0 spiro atoms. The molecule has 0 aliphatic carbocycles. The maximum absolute atomic E-state index is 12.4. The zero-order chi connectivity index (χ0) is 19.2. The molecule has 0 aliphatic rings. The Hall–Kier alpha value is -2.16. The van der Waals surface area contributed by atoms with Crippen molar-refractivity contribution in [2.24, 2.45) is 0 Å². The van der Waals surface area contributed by atoms with Crippen LogP contribution in [-0.4, -0.2) is 28.0 Å². The van der Waals surface area contributed by atoms with Crippen molar-refractivity contribution in [2.75, 3.05) is 7.11 Å². The van der Waals surface area contributed by atoms with Gasteiger partial charge in [-0.15, -0.1) is 5.10 Å². The number of carbonyl (C=O) groups is 1. The summed E-state index contributed by atoms with van der Waals surface area (Å²) in [4.78, 5) is 12.4. The third kappa shape index (κ3) is 5.18. The van der Waals surface area contributed by atoms with Crippen LogP contribution in [0.1, 0.15) is 12.5 Å². The number of ether oxygens (including phenoxy) is 1. The predicted octanol–water partition coefficient (Wildman–Crippen LogP) is 4.47. The van der Waals surface area contributed by atoms with Crippen molar-refractivity contribution in [3.8, 4) is 11.4 Å². The van der Waals surface area contributed by atoms with E-state index < -0.39 is 0 Å². The summed E-state index contributed by atoms with van der Waals surface area (Å²) >= 11 is 8.22. The number of rotatable bonds is 7. The van der Waals surface area contributed by atoms with E-state index in [1.54, 1.807) is 11.8 Å². The molecule has 8 heteroatoms. The Morgan fingerprint density at radius 2 is 1.96 bits per heavy atom. The van der Waals surface area contributed by atoms with Gasteiger partial charge in [0.05, 0.1) is 18.0 Å². The van der Waals surface area contributed by atoms with Crippen LogP contribution in [0.15, 0.2) is 58.9 Å². The predicted molar refractivity (Wildman–Crippen MR) is 112 cm³/mol. The Labute approximate surface area is 171 Å². The molecule has 0 fully saturated rings. The summed E-state index contributed by atoms with van der Waals surface area (Å²) in [6.45, 7) is 2.34. The first-order valence-corrected chi connectivity index (χ1v) is 10.4. The van der Waals surface area contributed by atoms with Crippen molar-refractivity contribution in [1.82, 2.24) is 15.1 Å². The van der Waals surface area contributed by atoms with Gasteiger partial charge in [0.1, 0.15) is 5.75 Å². The van der Waals surface area contributed by atoms with E-state index in [2.05, 4.69) is 10.4 Å². The number of hydrogen-bond acceptors (Lipinski definition) is 6. The van der Waals surface area contributed by atoms with Crippen LogP contribution >= 0.6 is 35.3 Å². The second-order valence-corrected chi connectivity index (χ2v) is 8.92. The summed E-state index contributed by atoms with van der Waals surface area (Å²) in [5, 5.41) is 7.22. The largest absolute Gasteiger partial charge is 0.497 e. The Bertz CT molecular complexity index is 952. The molecule has 1 atom stereocenters. The number of hydrogen-bond donors (Lipinski definition) is 1. The first-order chi connectivity index (χ1) is 13.1. The fourth-order valence-electron chi connectivity index (χ4n) is 2.32. The van der Waals surface area contributed by atoms with E-state index in [1.807, 2.05) is 61.5 Å². The summed E-state index contributed by atoms with van der Waals surface area (Å²) < 4.78 is 8.30. The zero-order valence-corrected chi connectivity index (χ0v) is 17.4. The fraction of sp³-hybridized carbons (Fsp3) is 0.211. The van der Waals surface area contributed by atoms with Crippen molar-refractivity contribution in [3.63, 3.8) is 0 Å². The maximum atomic E-state index is 12.4. The van der Waals surface area contributed by atoms with Gasteiger partial charge in [-0.25, -0.2) is 4.68 Å². The first kappa shape index (κ1) is 19.6.